The molecule has 0 spiro atoms. The molecule has 0 nitrogen and oxygen atoms in total. The normalized spacial score (nSPS) is 21.9. The maximum absolute atomic E-state index is 2.67. The van der Waals surface area contributed by atoms with Crippen LogP contribution in [0.3, 0.4) is 0 Å². The molecule has 0 radical (unpaired) electrons. The van der Waals surface area contributed by atoms with Gasteiger partial charge in [-0.05, 0) is 0 Å². The van der Waals surface area contributed by atoms with E-state index in [1.54, 1.807) is 10.6 Å². The van der Waals surface area contributed by atoms with Gasteiger partial charge in [0.1, 0.15) is 0 Å². The van der Waals surface area contributed by atoms with Crippen molar-refractivity contribution >= 4 is 24.5 Å². The van der Waals surface area contributed by atoms with E-state index < -0.39 is 13.9 Å². The Labute approximate surface area is 203 Å². The van der Waals surface area contributed by atoms with Crippen LogP contribution in [0.2, 0.25) is 0 Å². The Hall–Kier alpha value is -1.22. The Morgan fingerprint density at radius 1 is 0.636 bits per heavy atom. The molecule has 0 heterocycles. The first-order valence-electron chi connectivity index (χ1n) is 13.6. The van der Waals surface area contributed by atoms with Crippen LogP contribution in [0.1, 0.15) is 71.1 Å². The fraction of sp³-hybridized carbons (Fsp3) is 0.484. The summed E-state index contributed by atoms with van der Waals surface area (Å²) < 4.78 is 0. The molecule has 2 heteroatoms. The molecular formula is C31H42P2. The minimum atomic E-state index is -2.34. The third-order valence-electron chi connectivity index (χ3n) is 9.43. The molecule has 0 atom stereocenters. The van der Waals surface area contributed by atoms with E-state index in [0.717, 1.165) is 11.3 Å². The second-order valence-corrected chi connectivity index (χ2v) is 22.1. The van der Waals surface area contributed by atoms with E-state index in [1.165, 1.54) is 70.4 Å². The van der Waals surface area contributed by atoms with Crippen LogP contribution >= 0.6 is 13.9 Å². The van der Waals surface area contributed by atoms with Crippen LogP contribution in [0.4, 0.5) is 0 Å². The van der Waals surface area contributed by atoms with E-state index in [-0.39, 0.29) is 0 Å². The molecular weight excluding hydrogens is 434 g/mol. The number of hydrogen-bond acceptors (Lipinski definition) is 0. The summed E-state index contributed by atoms with van der Waals surface area (Å²) in [5.74, 6) is 0. The van der Waals surface area contributed by atoms with Gasteiger partial charge in [-0.15, -0.1) is 0 Å². The summed E-state index contributed by atoms with van der Waals surface area (Å²) in [4.78, 5) is 0. The summed E-state index contributed by atoms with van der Waals surface area (Å²) in [6.07, 6.45) is 23.8. The minimum absolute atomic E-state index is 0.412. The van der Waals surface area contributed by atoms with Crippen molar-refractivity contribution in [3.05, 3.63) is 85.0 Å². The van der Waals surface area contributed by atoms with Gasteiger partial charge in [0.25, 0.3) is 0 Å². The van der Waals surface area contributed by atoms with Gasteiger partial charge >= 0.3 is 204 Å². The Kier molecular flexibility index (Phi) is 7.26. The Morgan fingerprint density at radius 3 is 1.45 bits per heavy atom. The fourth-order valence-electron chi connectivity index (χ4n) is 8.14. The van der Waals surface area contributed by atoms with Crippen molar-refractivity contribution in [2.75, 3.05) is 6.16 Å². The van der Waals surface area contributed by atoms with Crippen molar-refractivity contribution in [3.8, 4) is 0 Å². The maximum atomic E-state index is 2.67. The van der Waals surface area contributed by atoms with E-state index in [2.05, 4.69) is 91.9 Å². The zero-order chi connectivity index (χ0) is 22.6. The van der Waals surface area contributed by atoms with E-state index in [0.29, 0.717) is 5.66 Å². The Bertz CT molecular complexity index is 879. The van der Waals surface area contributed by atoms with Gasteiger partial charge in [0.05, 0.1) is 0 Å². The summed E-state index contributed by atoms with van der Waals surface area (Å²) in [5, 5.41) is 3.31. The average molecular weight is 477 g/mol. The van der Waals surface area contributed by atoms with Crippen LogP contribution in [-0.2, 0) is 0 Å². The van der Waals surface area contributed by atoms with Crippen LogP contribution < -0.4 is 10.6 Å². The molecule has 0 N–H and O–H groups in total. The van der Waals surface area contributed by atoms with Crippen LogP contribution in [0.15, 0.2) is 85.0 Å². The second-order valence-electron chi connectivity index (χ2n) is 10.6. The molecule has 0 amide bonds. The monoisotopic (exact) mass is 476 g/mol. The summed E-state index contributed by atoms with van der Waals surface area (Å²) in [6.45, 7) is 2.64. The van der Waals surface area contributed by atoms with Crippen LogP contribution in [-0.4, -0.2) is 23.1 Å². The molecule has 2 saturated carbocycles. The summed E-state index contributed by atoms with van der Waals surface area (Å²) in [6, 6.07) is 23.7. The third kappa shape index (κ3) is 3.81. The topological polar surface area (TPSA) is 0 Å². The van der Waals surface area contributed by atoms with Crippen LogP contribution in [0.25, 0.3) is 0 Å². The van der Waals surface area contributed by atoms with Crippen molar-refractivity contribution < 1.29 is 0 Å². The standard InChI is InChI=1S/C31H42P2/c1-2-33(31-25-15-16-26-31,29-21-11-5-12-22-29,30-23-13-6-14-24-30)32(27-17-7-3-8-18-27)28-19-9-4-10-20-28/h3-4,7-10,15-20,25-26,29-31H,2,5-6,11-14,21-24H2,1H3. The van der Waals surface area contributed by atoms with Crippen molar-refractivity contribution in [1.29, 1.82) is 0 Å². The molecule has 0 aliphatic heterocycles. The molecule has 2 fully saturated rings. The number of rotatable bonds is 7. The van der Waals surface area contributed by atoms with Gasteiger partial charge in [-0.2, -0.15) is 0 Å². The fourth-order valence-corrected chi connectivity index (χ4v) is 28.4. The number of benzene rings is 2. The zero-order valence-corrected chi connectivity index (χ0v) is 22.3. The molecule has 0 bridgehead atoms. The molecule has 5 rings (SSSR count). The molecule has 3 aliphatic rings. The third-order valence-corrected chi connectivity index (χ3v) is 27.4. The van der Waals surface area contributed by atoms with Gasteiger partial charge in [0, 0.05) is 0 Å². The summed E-state index contributed by atoms with van der Waals surface area (Å²) >= 11 is 0. The van der Waals surface area contributed by atoms with Crippen LogP contribution in [0, 0.1) is 0 Å². The van der Waals surface area contributed by atoms with Gasteiger partial charge in [0.2, 0.25) is 0 Å². The SMILES string of the molecule is CCP(C1C=CC=C1)(C1CCCCC1)(C1CCCCC1)P(c1ccccc1)c1ccccc1. The van der Waals surface area contributed by atoms with Gasteiger partial charge in [0.15, 0.2) is 0 Å². The second kappa shape index (κ2) is 10.2. The van der Waals surface area contributed by atoms with Crippen molar-refractivity contribution in [2.24, 2.45) is 0 Å². The van der Waals surface area contributed by atoms with Crippen molar-refractivity contribution in [2.45, 2.75) is 88.1 Å². The molecule has 3 aliphatic carbocycles. The quantitative estimate of drug-likeness (QED) is 0.350. The molecule has 0 unspecified atom stereocenters. The van der Waals surface area contributed by atoms with Gasteiger partial charge < -0.3 is 0 Å². The molecule has 0 aromatic heterocycles. The first kappa shape index (κ1) is 23.5. The van der Waals surface area contributed by atoms with Gasteiger partial charge in [-0.1, -0.05) is 0 Å². The van der Waals surface area contributed by atoms with E-state index in [9.17, 15) is 0 Å². The molecule has 176 valence electrons. The Morgan fingerprint density at radius 2 is 1.06 bits per heavy atom. The van der Waals surface area contributed by atoms with Crippen LogP contribution in [0.5, 0.6) is 0 Å². The molecule has 2 aromatic rings. The van der Waals surface area contributed by atoms with E-state index in [1.807, 2.05) is 0 Å². The van der Waals surface area contributed by atoms with Gasteiger partial charge in [-0.25, -0.2) is 0 Å². The molecule has 33 heavy (non-hydrogen) atoms. The van der Waals surface area contributed by atoms with Crippen molar-refractivity contribution in [3.63, 3.8) is 0 Å². The first-order chi connectivity index (χ1) is 16.3. The molecule has 0 saturated heterocycles. The number of hydrogen-bond donors (Lipinski definition) is 0. The predicted octanol–water partition coefficient (Wildman–Crippen LogP) is 8.77. The first-order valence-corrected chi connectivity index (χ1v) is 18.2. The summed E-state index contributed by atoms with van der Waals surface area (Å²) in [7, 11) is -0.412. The van der Waals surface area contributed by atoms with Gasteiger partial charge in [-0.3, -0.25) is 0 Å². The predicted molar refractivity (Wildman–Crippen MR) is 152 cm³/mol. The molecule has 2 aromatic carbocycles. The van der Waals surface area contributed by atoms with E-state index in [4.69, 9.17) is 0 Å². The van der Waals surface area contributed by atoms with Crippen molar-refractivity contribution in [1.82, 2.24) is 0 Å². The Balaban J connectivity index is 1.86. The zero-order valence-electron chi connectivity index (χ0n) is 20.5. The number of allylic oxidation sites excluding steroid dienone is 4. The van der Waals surface area contributed by atoms with E-state index >= 15 is 0 Å². The average Bonchev–Trinajstić information content (AvgIpc) is 3.46. The summed E-state index contributed by atoms with van der Waals surface area (Å²) in [5.41, 5.74) is 2.50.